The monoisotopic (exact) mass is 276 g/mol. The molecule has 2 aliphatic rings. The summed E-state index contributed by atoms with van der Waals surface area (Å²) in [6, 6.07) is 2.62. The average Bonchev–Trinajstić information content (AvgIpc) is 2.85. The van der Waals surface area contributed by atoms with Gasteiger partial charge in [-0.3, -0.25) is 10.1 Å². The third-order valence-electron chi connectivity index (χ3n) is 4.47. The molecule has 2 saturated heterocycles. The summed E-state index contributed by atoms with van der Waals surface area (Å²) < 4.78 is 0. The fourth-order valence-electron chi connectivity index (χ4n) is 3.44. The SMILES string of the molecule is Cc1ccnc(NC2CCN3CCCC3C2)c1[N+](=O)[O-]. The topological polar surface area (TPSA) is 71.3 Å². The maximum absolute atomic E-state index is 11.2. The van der Waals surface area contributed by atoms with Crippen molar-refractivity contribution in [1.29, 1.82) is 0 Å². The maximum atomic E-state index is 11.2. The Bertz CT molecular complexity index is 520. The second-order valence-electron chi connectivity index (χ2n) is 5.78. The predicted octanol–water partition coefficient (Wildman–Crippen LogP) is 2.34. The van der Waals surface area contributed by atoms with E-state index in [0.717, 1.165) is 19.4 Å². The molecule has 0 saturated carbocycles. The molecule has 0 amide bonds. The van der Waals surface area contributed by atoms with Crippen molar-refractivity contribution in [2.45, 2.75) is 44.7 Å². The summed E-state index contributed by atoms with van der Waals surface area (Å²) in [6.07, 6.45) is 6.26. The zero-order valence-corrected chi connectivity index (χ0v) is 11.7. The predicted molar refractivity (Wildman–Crippen MR) is 76.9 cm³/mol. The highest BCUT2D eigenvalue weighted by molar-refractivity contribution is 5.60. The highest BCUT2D eigenvalue weighted by Gasteiger charge is 2.32. The van der Waals surface area contributed by atoms with E-state index >= 15 is 0 Å². The summed E-state index contributed by atoms with van der Waals surface area (Å²) in [6.45, 7) is 4.05. The van der Waals surface area contributed by atoms with E-state index in [9.17, 15) is 10.1 Å². The number of aryl methyl sites for hydroxylation is 1. The summed E-state index contributed by atoms with van der Waals surface area (Å²) in [5, 5.41) is 14.5. The molecular weight excluding hydrogens is 256 g/mol. The Morgan fingerprint density at radius 2 is 2.30 bits per heavy atom. The number of nitrogens with zero attached hydrogens (tertiary/aromatic N) is 3. The first-order valence-corrected chi connectivity index (χ1v) is 7.25. The molecule has 1 aromatic heterocycles. The minimum absolute atomic E-state index is 0.112. The number of hydrogen-bond acceptors (Lipinski definition) is 5. The number of aromatic nitrogens is 1. The molecule has 2 atom stereocenters. The number of anilines is 1. The van der Waals surface area contributed by atoms with Gasteiger partial charge in [-0.05, 0) is 45.2 Å². The van der Waals surface area contributed by atoms with Gasteiger partial charge in [-0.2, -0.15) is 0 Å². The van der Waals surface area contributed by atoms with E-state index in [1.54, 1.807) is 19.2 Å². The van der Waals surface area contributed by atoms with Gasteiger partial charge in [0, 0.05) is 30.4 Å². The van der Waals surface area contributed by atoms with Gasteiger partial charge in [0.25, 0.3) is 0 Å². The number of nitro groups is 1. The number of piperidine rings is 1. The number of nitrogens with one attached hydrogen (secondary N) is 1. The van der Waals surface area contributed by atoms with Crippen LogP contribution in [-0.4, -0.2) is 40.0 Å². The first-order chi connectivity index (χ1) is 9.65. The Labute approximate surface area is 118 Å². The molecule has 6 heteroatoms. The smallest absolute Gasteiger partial charge is 0.314 e. The molecule has 1 aromatic rings. The molecule has 0 radical (unpaired) electrons. The molecule has 2 unspecified atom stereocenters. The van der Waals surface area contributed by atoms with Crippen LogP contribution in [0.3, 0.4) is 0 Å². The van der Waals surface area contributed by atoms with Crippen molar-refractivity contribution in [2.24, 2.45) is 0 Å². The van der Waals surface area contributed by atoms with Crippen molar-refractivity contribution < 1.29 is 4.92 Å². The molecule has 0 bridgehead atoms. The van der Waals surface area contributed by atoms with Gasteiger partial charge in [0.2, 0.25) is 5.82 Å². The van der Waals surface area contributed by atoms with Crippen LogP contribution in [0, 0.1) is 17.0 Å². The Balaban J connectivity index is 1.75. The lowest BCUT2D eigenvalue weighted by molar-refractivity contribution is -0.384. The van der Waals surface area contributed by atoms with Gasteiger partial charge in [-0.25, -0.2) is 4.98 Å². The third kappa shape index (κ3) is 2.47. The van der Waals surface area contributed by atoms with Crippen LogP contribution in [0.15, 0.2) is 12.3 Å². The standard InChI is InChI=1S/C14H20N4O2/c1-10-4-6-15-14(13(10)18(19)20)16-11-5-8-17-7-2-3-12(17)9-11/h4,6,11-12H,2-3,5,7-9H2,1H3,(H,15,16). The second kappa shape index (κ2) is 5.36. The van der Waals surface area contributed by atoms with E-state index in [2.05, 4.69) is 15.2 Å². The Hall–Kier alpha value is -1.69. The second-order valence-corrected chi connectivity index (χ2v) is 5.78. The molecule has 20 heavy (non-hydrogen) atoms. The molecule has 3 rings (SSSR count). The number of pyridine rings is 1. The van der Waals surface area contributed by atoms with Crippen LogP contribution >= 0.6 is 0 Å². The molecule has 0 aromatic carbocycles. The zero-order valence-electron chi connectivity index (χ0n) is 11.7. The van der Waals surface area contributed by atoms with Gasteiger partial charge in [0.15, 0.2) is 0 Å². The zero-order chi connectivity index (χ0) is 14.1. The molecule has 6 nitrogen and oxygen atoms in total. The van der Waals surface area contributed by atoms with Crippen molar-refractivity contribution in [3.63, 3.8) is 0 Å². The number of rotatable bonds is 3. The molecular formula is C14H20N4O2. The maximum Gasteiger partial charge on any atom is 0.314 e. The third-order valence-corrected chi connectivity index (χ3v) is 4.47. The summed E-state index contributed by atoms with van der Waals surface area (Å²) in [5.74, 6) is 0.423. The van der Waals surface area contributed by atoms with E-state index in [4.69, 9.17) is 0 Å². The van der Waals surface area contributed by atoms with Crippen LogP contribution in [0.25, 0.3) is 0 Å². The lowest BCUT2D eigenvalue weighted by Crippen LogP contribution is -2.42. The van der Waals surface area contributed by atoms with Crippen molar-refractivity contribution in [3.05, 3.63) is 27.9 Å². The first kappa shape index (κ1) is 13.3. The van der Waals surface area contributed by atoms with Crippen LogP contribution in [0.1, 0.15) is 31.2 Å². The molecule has 1 N–H and O–H groups in total. The molecule has 3 heterocycles. The molecule has 0 aliphatic carbocycles. The van der Waals surface area contributed by atoms with Gasteiger partial charge in [-0.15, -0.1) is 0 Å². The summed E-state index contributed by atoms with van der Waals surface area (Å²) in [7, 11) is 0. The number of hydrogen-bond donors (Lipinski definition) is 1. The van der Waals surface area contributed by atoms with Crippen molar-refractivity contribution >= 4 is 11.5 Å². The van der Waals surface area contributed by atoms with Gasteiger partial charge in [0.05, 0.1) is 4.92 Å². The highest BCUT2D eigenvalue weighted by Crippen LogP contribution is 2.31. The van der Waals surface area contributed by atoms with Gasteiger partial charge in [0.1, 0.15) is 0 Å². The lowest BCUT2D eigenvalue weighted by atomic mass is 9.97. The van der Waals surface area contributed by atoms with Crippen LogP contribution in [0.5, 0.6) is 0 Å². The van der Waals surface area contributed by atoms with Crippen LogP contribution in [0.4, 0.5) is 11.5 Å². The first-order valence-electron chi connectivity index (χ1n) is 7.25. The Morgan fingerprint density at radius 1 is 1.45 bits per heavy atom. The van der Waals surface area contributed by atoms with Crippen LogP contribution < -0.4 is 5.32 Å². The normalized spacial score (nSPS) is 26.2. The minimum Gasteiger partial charge on any atom is -0.361 e. The van der Waals surface area contributed by atoms with Gasteiger partial charge < -0.3 is 10.2 Å². The molecule has 0 spiro atoms. The summed E-state index contributed by atoms with van der Waals surface area (Å²) in [4.78, 5) is 17.6. The van der Waals surface area contributed by atoms with E-state index in [0.29, 0.717) is 23.5 Å². The fourth-order valence-corrected chi connectivity index (χ4v) is 3.44. The minimum atomic E-state index is -0.338. The Morgan fingerprint density at radius 3 is 3.10 bits per heavy atom. The average molecular weight is 276 g/mol. The Kier molecular flexibility index (Phi) is 3.56. The number of fused-ring (bicyclic) bond motifs is 1. The summed E-state index contributed by atoms with van der Waals surface area (Å²) in [5.41, 5.74) is 0.771. The van der Waals surface area contributed by atoms with Crippen molar-refractivity contribution in [1.82, 2.24) is 9.88 Å². The van der Waals surface area contributed by atoms with Gasteiger partial charge in [-0.1, -0.05) is 0 Å². The van der Waals surface area contributed by atoms with Crippen molar-refractivity contribution in [3.8, 4) is 0 Å². The van der Waals surface area contributed by atoms with E-state index < -0.39 is 0 Å². The van der Waals surface area contributed by atoms with E-state index in [-0.39, 0.29) is 10.6 Å². The van der Waals surface area contributed by atoms with Crippen LogP contribution in [-0.2, 0) is 0 Å². The molecule has 2 fully saturated rings. The molecule has 108 valence electrons. The fraction of sp³-hybridized carbons (Fsp3) is 0.643. The highest BCUT2D eigenvalue weighted by atomic mass is 16.6. The molecule has 2 aliphatic heterocycles. The van der Waals surface area contributed by atoms with Crippen LogP contribution in [0.2, 0.25) is 0 Å². The van der Waals surface area contributed by atoms with Gasteiger partial charge >= 0.3 is 5.69 Å². The van der Waals surface area contributed by atoms with Crippen molar-refractivity contribution in [2.75, 3.05) is 18.4 Å². The lowest BCUT2D eigenvalue weighted by Gasteiger charge is -2.35. The quantitative estimate of drug-likeness (QED) is 0.677. The largest absolute Gasteiger partial charge is 0.361 e. The van der Waals surface area contributed by atoms with E-state index in [1.807, 2.05) is 0 Å². The summed E-state index contributed by atoms with van der Waals surface area (Å²) >= 11 is 0. The van der Waals surface area contributed by atoms with E-state index in [1.165, 1.54) is 19.4 Å².